The quantitative estimate of drug-likeness (QED) is 0.831. The Morgan fingerprint density at radius 3 is 2.76 bits per heavy atom. The number of hydrogen-bond donors (Lipinski definition) is 1. The smallest absolute Gasteiger partial charge is 0.140 e. The van der Waals surface area contributed by atoms with Crippen molar-refractivity contribution >= 4 is 28.1 Å². The van der Waals surface area contributed by atoms with Gasteiger partial charge in [0.05, 0.1) is 0 Å². The van der Waals surface area contributed by atoms with Crippen molar-refractivity contribution in [2.45, 2.75) is 20.3 Å². The Labute approximate surface area is 114 Å². The second-order valence-corrected chi connectivity index (χ2v) is 5.20. The highest BCUT2D eigenvalue weighted by molar-refractivity contribution is 9.10. The van der Waals surface area contributed by atoms with Crippen molar-refractivity contribution in [3.05, 3.63) is 44.6 Å². The number of nitrogens with one attached hydrogen (secondary N) is 1. The van der Waals surface area contributed by atoms with Crippen LogP contribution < -0.4 is 0 Å². The topological polar surface area (TPSA) is 28.7 Å². The van der Waals surface area contributed by atoms with Gasteiger partial charge in [-0.1, -0.05) is 41.1 Å². The highest BCUT2D eigenvalue weighted by Crippen LogP contribution is 2.26. The molecule has 0 radical (unpaired) electrons. The molecule has 1 aromatic heterocycles. The Bertz CT molecular complexity index is 605. The number of hydrogen-bond acceptors (Lipinski definition) is 2. The van der Waals surface area contributed by atoms with Crippen molar-refractivity contribution in [3.63, 3.8) is 0 Å². The Kier molecular flexibility index (Phi) is 3.74. The van der Waals surface area contributed by atoms with Gasteiger partial charge in [-0.2, -0.15) is 0 Å². The summed E-state index contributed by atoms with van der Waals surface area (Å²) in [5, 5.41) is 0. The van der Waals surface area contributed by atoms with Crippen LogP contribution in [0.3, 0.4) is 0 Å². The highest BCUT2D eigenvalue weighted by Gasteiger charge is 2.06. The summed E-state index contributed by atoms with van der Waals surface area (Å²) in [6, 6.07) is 8.09. The van der Waals surface area contributed by atoms with Gasteiger partial charge in [0.25, 0.3) is 0 Å². The normalized spacial score (nSPS) is 10.5. The first-order valence-corrected chi connectivity index (χ1v) is 6.67. The van der Waals surface area contributed by atoms with E-state index in [9.17, 15) is 0 Å². The number of halogens is 1. The summed E-state index contributed by atoms with van der Waals surface area (Å²) in [5.41, 5.74) is 3.36. The van der Waals surface area contributed by atoms with Gasteiger partial charge in [0.2, 0.25) is 0 Å². The standard InChI is InChI=1S/C13H13BrN2S/c1-3-9-7-12(17)16-13(15-9)10-5-4-8(2)6-11(10)14/h4-7H,3H2,1-2H3,(H,15,16,17). The van der Waals surface area contributed by atoms with Crippen molar-refractivity contribution in [3.8, 4) is 11.4 Å². The molecule has 0 aliphatic carbocycles. The van der Waals surface area contributed by atoms with Crippen molar-refractivity contribution in [2.75, 3.05) is 0 Å². The molecule has 2 nitrogen and oxygen atoms in total. The Morgan fingerprint density at radius 1 is 1.35 bits per heavy atom. The van der Waals surface area contributed by atoms with Crippen LogP contribution in [0.15, 0.2) is 28.7 Å². The van der Waals surface area contributed by atoms with Crippen LogP contribution in [-0.4, -0.2) is 9.97 Å². The molecule has 2 rings (SSSR count). The van der Waals surface area contributed by atoms with Gasteiger partial charge in [0.1, 0.15) is 10.5 Å². The van der Waals surface area contributed by atoms with Gasteiger partial charge in [-0.25, -0.2) is 4.98 Å². The molecule has 2 aromatic rings. The maximum Gasteiger partial charge on any atom is 0.140 e. The maximum atomic E-state index is 5.18. The number of rotatable bonds is 2. The summed E-state index contributed by atoms with van der Waals surface area (Å²) in [7, 11) is 0. The van der Waals surface area contributed by atoms with Gasteiger partial charge in [-0.3, -0.25) is 0 Å². The van der Waals surface area contributed by atoms with E-state index in [4.69, 9.17) is 12.2 Å². The Morgan fingerprint density at radius 2 is 2.12 bits per heavy atom. The number of nitrogens with zero attached hydrogens (tertiary/aromatic N) is 1. The molecule has 0 fully saturated rings. The van der Waals surface area contributed by atoms with E-state index in [0.717, 1.165) is 28.0 Å². The molecule has 0 aliphatic rings. The first-order valence-electron chi connectivity index (χ1n) is 5.47. The van der Waals surface area contributed by atoms with E-state index in [-0.39, 0.29) is 0 Å². The fraction of sp³-hybridized carbons (Fsp3) is 0.231. The fourth-order valence-corrected chi connectivity index (χ4v) is 2.55. The van der Waals surface area contributed by atoms with E-state index in [1.54, 1.807) is 0 Å². The monoisotopic (exact) mass is 308 g/mol. The summed E-state index contributed by atoms with van der Waals surface area (Å²) in [6.45, 7) is 4.15. The van der Waals surface area contributed by atoms with E-state index < -0.39 is 0 Å². The van der Waals surface area contributed by atoms with Crippen molar-refractivity contribution in [2.24, 2.45) is 0 Å². The molecule has 0 bridgehead atoms. The van der Waals surface area contributed by atoms with Gasteiger partial charge in [0, 0.05) is 15.7 Å². The third kappa shape index (κ3) is 2.82. The minimum absolute atomic E-state index is 0.628. The van der Waals surface area contributed by atoms with Crippen LogP contribution >= 0.6 is 28.1 Å². The molecule has 0 saturated carbocycles. The number of aryl methyl sites for hydroxylation is 2. The highest BCUT2D eigenvalue weighted by atomic mass is 79.9. The van der Waals surface area contributed by atoms with Crippen molar-refractivity contribution in [1.29, 1.82) is 0 Å². The molecular formula is C13H13BrN2S. The number of aromatic amines is 1. The first-order chi connectivity index (χ1) is 8.10. The molecule has 0 spiro atoms. The molecule has 0 atom stereocenters. The second kappa shape index (κ2) is 5.10. The lowest BCUT2D eigenvalue weighted by Crippen LogP contribution is -1.95. The molecule has 1 N–H and O–H groups in total. The third-order valence-electron chi connectivity index (χ3n) is 2.56. The number of aromatic nitrogens is 2. The minimum Gasteiger partial charge on any atom is -0.343 e. The molecule has 1 heterocycles. The molecule has 17 heavy (non-hydrogen) atoms. The lowest BCUT2D eigenvalue weighted by molar-refractivity contribution is 0.998. The van der Waals surface area contributed by atoms with E-state index in [2.05, 4.69) is 51.9 Å². The van der Waals surface area contributed by atoms with Gasteiger partial charge in [0.15, 0.2) is 0 Å². The summed E-state index contributed by atoms with van der Waals surface area (Å²) in [4.78, 5) is 7.68. The van der Waals surface area contributed by atoms with E-state index >= 15 is 0 Å². The average Bonchev–Trinajstić information content (AvgIpc) is 2.28. The zero-order chi connectivity index (χ0) is 12.4. The fourth-order valence-electron chi connectivity index (χ4n) is 1.64. The molecular weight excluding hydrogens is 296 g/mol. The molecule has 88 valence electrons. The second-order valence-electron chi connectivity index (χ2n) is 3.93. The first kappa shape index (κ1) is 12.5. The van der Waals surface area contributed by atoms with Crippen LogP contribution in [-0.2, 0) is 6.42 Å². The molecule has 0 aliphatic heterocycles. The lowest BCUT2D eigenvalue weighted by Gasteiger charge is -2.07. The summed E-state index contributed by atoms with van der Waals surface area (Å²) in [6.07, 6.45) is 0.919. The van der Waals surface area contributed by atoms with E-state index in [0.29, 0.717) is 4.64 Å². The van der Waals surface area contributed by atoms with E-state index in [1.807, 2.05) is 12.1 Å². The molecule has 0 saturated heterocycles. The van der Waals surface area contributed by atoms with Crippen LogP contribution in [0.2, 0.25) is 0 Å². The zero-order valence-electron chi connectivity index (χ0n) is 9.75. The molecule has 0 amide bonds. The van der Waals surface area contributed by atoms with Gasteiger partial charge in [-0.05, 0) is 37.1 Å². The molecule has 1 aromatic carbocycles. The van der Waals surface area contributed by atoms with Crippen molar-refractivity contribution < 1.29 is 0 Å². The van der Waals surface area contributed by atoms with Crippen LogP contribution in [0.25, 0.3) is 11.4 Å². The predicted octanol–water partition coefficient (Wildman–Crippen LogP) is 4.44. The Hall–Kier alpha value is -1.000. The van der Waals surface area contributed by atoms with Crippen LogP contribution in [0.5, 0.6) is 0 Å². The lowest BCUT2D eigenvalue weighted by atomic mass is 10.1. The van der Waals surface area contributed by atoms with Crippen LogP contribution in [0, 0.1) is 11.6 Å². The molecule has 0 unspecified atom stereocenters. The third-order valence-corrected chi connectivity index (χ3v) is 3.42. The summed E-state index contributed by atoms with van der Waals surface area (Å²) < 4.78 is 1.66. The Balaban J connectivity index is 2.60. The number of benzene rings is 1. The SMILES string of the molecule is CCc1cc(=S)nc(-c2ccc(C)cc2Br)[nH]1. The molecule has 4 heteroatoms. The maximum absolute atomic E-state index is 5.18. The average molecular weight is 309 g/mol. The predicted molar refractivity (Wildman–Crippen MR) is 76.7 cm³/mol. The zero-order valence-corrected chi connectivity index (χ0v) is 12.2. The summed E-state index contributed by atoms with van der Waals surface area (Å²) >= 11 is 8.74. The van der Waals surface area contributed by atoms with E-state index in [1.165, 1.54) is 5.56 Å². The number of H-pyrrole nitrogens is 1. The van der Waals surface area contributed by atoms with Gasteiger partial charge >= 0.3 is 0 Å². The van der Waals surface area contributed by atoms with Crippen LogP contribution in [0.4, 0.5) is 0 Å². The van der Waals surface area contributed by atoms with Crippen LogP contribution in [0.1, 0.15) is 18.2 Å². The summed E-state index contributed by atoms with van der Waals surface area (Å²) in [5.74, 6) is 0.821. The minimum atomic E-state index is 0.628. The van der Waals surface area contributed by atoms with Gasteiger partial charge < -0.3 is 4.98 Å². The van der Waals surface area contributed by atoms with Gasteiger partial charge in [-0.15, -0.1) is 0 Å². The van der Waals surface area contributed by atoms with Crippen molar-refractivity contribution in [1.82, 2.24) is 9.97 Å². The largest absolute Gasteiger partial charge is 0.343 e.